The average molecular weight is 491 g/mol. The third kappa shape index (κ3) is 6.60. The van der Waals surface area contributed by atoms with Crippen LogP contribution in [0.15, 0.2) is 15.8 Å². The average Bonchev–Trinajstić information content (AvgIpc) is 3.01. The standard InChI is InChI=1S/C21H34N2O9S/c1-6-8-10-29-13-21(15(4)24)17(30-11-9-7-2)16(32-33(5,27)28)19(31-21)23-12-14(3)18(25)22-20(23)26/h12,16-17,19H,6-11,13H2,1-5H3,(H,22,25,26)/t16-,17?,19+,21-/m0/s1. The van der Waals surface area contributed by atoms with Crippen molar-refractivity contribution >= 4 is 15.9 Å². The van der Waals surface area contributed by atoms with E-state index in [4.69, 9.17) is 18.4 Å². The zero-order valence-corrected chi connectivity index (χ0v) is 20.6. The van der Waals surface area contributed by atoms with Crippen molar-refractivity contribution in [2.75, 3.05) is 26.1 Å². The van der Waals surface area contributed by atoms with E-state index in [2.05, 4.69) is 4.98 Å². The summed E-state index contributed by atoms with van der Waals surface area (Å²) >= 11 is 0. The van der Waals surface area contributed by atoms with E-state index in [1.165, 1.54) is 20.0 Å². The van der Waals surface area contributed by atoms with Gasteiger partial charge in [0, 0.05) is 25.0 Å². The molecule has 2 heterocycles. The summed E-state index contributed by atoms with van der Waals surface area (Å²) in [6.07, 6.45) is 1.25. The van der Waals surface area contributed by atoms with Crippen LogP contribution in [0, 0.1) is 6.92 Å². The Morgan fingerprint density at radius 3 is 2.42 bits per heavy atom. The van der Waals surface area contributed by atoms with Crippen molar-refractivity contribution in [1.29, 1.82) is 0 Å². The Morgan fingerprint density at radius 1 is 1.21 bits per heavy atom. The fraction of sp³-hybridized carbons (Fsp3) is 0.762. The number of aryl methyl sites for hydroxylation is 1. The van der Waals surface area contributed by atoms with Gasteiger partial charge in [0.25, 0.3) is 15.7 Å². The number of aromatic amines is 1. The number of aromatic nitrogens is 2. The Morgan fingerprint density at radius 2 is 1.85 bits per heavy atom. The molecule has 1 N–H and O–H groups in total. The van der Waals surface area contributed by atoms with Crippen molar-refractivity contribution in [3.63, 3.8) is 0 Å². The molecule has 0 aliphatic carbocycles. The summed E-state index contributed by atoms with van der Waals surface area (Å²) in [5.41, 5.74) is -2.95. The van der Waals surface area contributed by atoms with Gasteiger partial charge in [0.1, 0.15) is 6.10 Å². The lowest BCUT2D eigenvalue weighted by atomic mass is 9.91. The molecule has 12 heteroatoms. The topological polar surface area (TPSA) is 143 Å². The van der Waals surface area contributed by atoms with Gasteiger partial charge in [-0.25, -0.2) is 4.79 Å². The highest BCUT2D eigenvalue weighted by atomic mass is 32.2. The van der Waals surface area contributed by atoms with E-state index >= 15 is 0 Å². The van der Waals surface area contributed by atoms with Crippen LogP contribution in [-0.4, -0.2) is 67.6 Å². The Kier molecular flexibility index (Phi) is 9.56. The van der Waals surface area contributed by atoms with Gasteiger partial charge in [-0.3, -0.25) is 23.3 Å². The predicted octanol–water partition coefficient (Wildman–Crippen LogP) is 1.05. The van der Waals surface area contributed by atoms with Crippen molar-refractivity contribution < 1.29 is 31.6 Å². The normalized spacial score (nSPS) is 25.4. The third-order valence-corrected chi connectivity index (χ3v) is 6.00. The zero-order valence-electron chi connectivity index (χ0n) is 19.8. The second-order valence-corrected chi connectivity index (χ2v) is 9.85. The van der Waals surface area contributed by atoms with E-state index < -0.39 is 51.2 Å². The molecule has 1 unspecified atom stereocenters. The van der Waals surface area contributed by atoms with Crippen molar-refractivity contribution in [2.45, 2.75) is 77.4 Å². The first-order valence-corrected chi connectivity index (χ1v) is 12.9. The first kappa shape index (κ1) is 27.4. The number of carbonyl (C=O) groups is 1. The molecule has 1 aromatic heterocycles. The number of ether oxygens (including phenoxy) is 3. The highest BCUT2D eigenvalue weighted by Gasteiger charge is 2.61. The molecule has 11 nitrogen and oxygen atoms in total. The Labute approximate surface area is 193 Å². The van der Waals surface area contributed by atoms with E-state index in [0.29, 0.717) is 13.0 Å². The van der Waals surface area contributed by atoms with Crippen LogP contribution in [0.5, 0.6) is 0 Å². The van der Waals surface area contributed by atoms with Crippen molar-refractivity contribution in [3.8, 4) is 0 Å². The number of Topliss-reactive ketones (excluding diaryl/α,β-unsaturated/α-hetero) is 1. The maximum Gasteiger partial charge on any atom is 0.330 e. The number of hydrogen-bond donors (Lipinski definition) is 1. The van der Waals surface area contributed by atoms with E-state index in [1.807, 2.05) is 13.8 Å². The smallest absolute Gasteiger partial charge is 0.330 e. The van der Waals surface area contributed by atoms with Gasteiger partial charge >= 0.3 is 5.69 Å². The summed E-state index contributed by atoms with van der Waals surface area (Å²) in [6, 6.07) is 0. The molecule has 0 saturated carbocycles. The molecule has 0 aromatic carbocycles. The van der Waals surface area contributed by atoms with Crippen LogP contribution < -0.4 is 11.2 Å². The fourth-order valence-corrected chi connectivity index (χ4v) is 4.21. The van der Waals surface area contributed by atoms with Crippen LogP contribution >= 0.6 is 0 Å². The first-order chi connectivity index (χ1) is 15.5. The van der Waals surface area contributed by atoms with Gasteiger partial charge in [0.2, 0.25) is 0 Å². The number of nitrogens with zero attached hydrogens (tertiary/aromatic N) is 1. The largest absolute Gasteiger partial charge is 0.378 e. The quantitative estimate of drug-likeness (QED) is 0.317. The molecule has 0 radical (unpaired) electrons. The number of hydrogen-bond acceptors (Lipinski definition) is 9. The van der Waals surface area contributed by atoms with Crippen LogP contribution in [0.3, 0.4) is 0 Å². The fourth-order valence-electron chi connectivity index (χ4n) is 3.61. The Balaban J connectivity index is 2.62. The van der Waals surface area contributed by atoms with E-state index in [0.717, 1.165) is 30.1 Å². The number of nitrogens with one attached hydrogen (secondary N) is 1. The molecule has 188 valence electrons. The van der Waals surface area contributed by atoms with E-state index in [9.17, 15) is 22.8 Å². The summed E-state index contributed by atoms with van der Waals surface area (Å²) in [5, 5.41) is 0. The number of ketones is 1. The number of carbonyl (C=O) groups excluding carboxylic acids is 1. The number of unbranched alkanes of at least 4 members (excludes halogenated alkanes) is 2. The zero-order chi connectivity index (χ0) is 24.8. The molecule has 1 fully saturated rings. The van der Waals surface area contributed by atoms with Crippen LogP contribution in [0.25, 0.3) is 0 Å². The van der Waals surface area contributed by atoms with Gasteiger partial charge < -0.3 is 14.2 Å². The van der Waals surface area contributed by atoms with Gasteiger partial charge in [-0.05, 0) is 26.7 Å². The summed E-state index contributed by atoms with van der Waals surface area (Å²) in [4.78, 5) is 39.6. The summed E-state index contributed by atoms with van der Waals surface area (Å²) < 4.78 is 48.4. The number of rotatable bonds is 13. The Hall–Kier alpha value is -1.86. The highest BCUT2D eigenvalue weighted by molar-refractivity contribution is 7.86. The van der Waals surface area contributed by atoms with Crippen LogP contribution in [0.4, 0.5) is 0 Å². The van der Waals surface area contributed by atoms with Crippen LogP contribution in [-0.2, 0) is 33.3 Å². The third-order valence-electron chi connectivity index (χ3n) is 5.43. The molecule has 0 spiro atoms. The molecule has 0 amide bonds. The molecule has 2 rings (SSSR count). The van der Waals surface area contributed by atoms with Crippen LogP contribution in [0.1, 0.15) is 58.2 Å². The molecule has 1 aromatic rings. The lowest BCUT2D eigenvalue weighted by Gasteiger charge is -2.32. The first-order valence-electron chi connectivity index (χ1n) is 11.0. The molecular formula is C21H34N2O9S. The summed E-state index contributed by atoms with van der Waals surface area (Å²) in [7, 11) is -4.05. The van der Waals surface area contributed by atoms with E-state index in [1.54, 1.807) is 0 Å². The minimum Gasteiger partial charge on any atom is -0.378 e. The van der Waals surface area contributed by atoms with Crippen LogP contribution in [0.2, 0.25) is 0 Å². The second kappa shape index (κ2) is 11.5. The number of H-pyrrole nitrogens is 1. The molecule has 1 saturated heterocycles. The predicted molar refractivity (Wildman–Crippen MR) is 120 cm³/mol. The molecule has 1 aliphatic rings. The van der Waals surface area contributed by atoms with Gasteiger partial charge in [-0.2, -0.15) is 8.42 Å². The van der Waals surface area contributed by atoms with Gasteiger partial charge in [0.15, 0.2) is 23.7 Å². The summed E-state index contributed by atoms with van der Waals surface area (Å²) in [5.74, 6) is -0.459. The molecule has 1 aliphatic heterocycles. The minimum atomic E-state index is -4.05. The highest BCUT2D eigenvalue weighted by Crippen LogP contribution is 2.42. The molecule has 33 heavy (non-hydrogen) atoms. The van der Waals surface area contributed by atoms with Gasteiger partial charge in [-0.1, -0.05) is 26.7 Å². The van der Waals surface area contributed by atoms with Crippen molar-refractivity contribution in [3.05, 3.63) is 32.6 Å². The molecule has 0 bridgehead atoms. The van der Waals surface area contributed by atoms with Crippen molar-refractivity contribution in [2.24, 2.45) is 0 Å². The molecule has 4 atom stereocenters. The van der Waals surface area contributed by atoms with E-state index in [-0.39, 0.29) is 18.8 Å². The van der Waals surface area contributed by atoms with Gasteiger partial charge in [0.05, 0.1) is 12.9 Å². The Bertz CT molecular complexity index is 1030. The lowest BCUT2D eigenvalue weighted by Crippen LogP contribution is -2.54. The lowest BCUT2D eigenvalue weighted by molar-refractivity contribution is -0.172. The maximum absolute atomic E-state index is 12.9. The van der Waals surface area contributed by atoms with Crippen molar-refractivity contribution in [1.82, 2.24) is 9.55 Å². The van der Waals surface area contributed by atoms with Gasteiger partial charge in [-0.15, -0.1) is 0 Å². The molecular weight excluding hydrogens is 456 g/mol. The monoisotopic (exact) mass is 490 g/mol. The SMILES string of the molecule is CCCCOC[C@@]1(C(C)=O)O[C@@H](n2cc(C)c(=O)[nH]c2=O)[C@@H](OS(C)(=O)=O)C1OCCCC. The minimum absolute atomic E-state index is 0.194. The second-order valence-electron chi connectivity index (χ2n) is 8.25. The maximum atomic E-state index is 12.9. The summed E-state index contributed by atoms with van der Waals surface area (Å²) in [6.45, 7) is 7.08.